The molecule has 3 rings (SSSR count). The maximum Gasteiger partial charge on any atom is 0.338 e. The monoisotopic (exact) mass is 334 g/mol. The molecule has 0 aromatic heterocycles. The van der Waals surface area contributed by atoms with E-state index in [9.17, 15) is 9.59 Å². The van der Waals surface area contributed by atoms with Gasteiger partial charge in [-0.1, -0.05) is 24.3 Å². The van der Waals surface area contributed by atoms with Crippen molar-refractivity contribution in [3.05, 3.63) is 65.2 Å². The van der Waals surface area contributed by atoms with E-state index in [0.29, 0.717) is 5.56 Å². The SMILES string of the molecule is C[C@@H]1Cc2ccccc2N1C(=O)[C@@H](C)OC(=O)c1cccc(C#N)c1. The zero-order chi connectivity index (χ0) is 18.0. The minimum absolute atomic E-state index is 0.0213. The Labute approximate surface area is 146 Å². The average molecular weight is 334 g/mol. The first-order valence-electron chi connectivity index (χ1n) is 8.13. The van der Waals surface area contributed by atoms with Gasteiger partial charge in [-0.15, -0.1) is 0 Å². The molecule has 126 valence electrons. The second-order valence-corrected chi connectivity index (χ2v) is 6.13. The Morgan fingerprint density at radius 2 is 2.00 bits per heavy atom. The number of carbonyl (C=O) groups excluding carboxylic acids is 2. The van der Waals surface area contributed by atoms with E-state index < -0.39 is 12.1 Å². The molecular formula is C20H18N2O3. The molecule has 25 heavy (non-hydrogen) atoms. The highest BCUT2D eigenvalue weighted by Gasteiger charge is 2.34. The van der Waals surface area contributed by atoms with Crippen molar-refractivity contribution in [2.24, 2.45) is 0 Å². The Morgan fingerprint density at radius 1 is 1.24 bits per heavy atom. The van der Waals surface area contributed by atoms with E-state index in [-0.39, 0.29) is 17.5 Å². The number of nitriles is 1. The lowest BCUT2D eigenvalue weighted by molar-refractivity contribution is -0.126. The van der Waals surface area contributed by atoms with E-state index in [2.05, 4.69) is 0 Å². The molecule has 0 N–H and O–H groups in total. The summed E-state index contributed by atoms with van der Waals surface area (Å²) in [5, 5.41) is 8.92. The van der Waals surface area contributed by atoms with Gasteiger partial charge < -0.3 is 9.64 Å². The van der Waals surface area contributed by atoms with Gasteiger partial charge in [-0.2, -0.15) is 5.26 Å². The van der Waals surface area contributed by atoms with Crippen LogP contribution in [0.25, 0.3) is 0 Å². The molecule has 5 heteroatoms. The van der Waals surface area contributed by atoms with Crippen molar-refractivity contribution in [1.82, 2.24) is 0 Å². The molecule has 0 unspecified atom stereocenters. The predicted molar refractivity (Wildman–Crippen MR) is 93.1 cm³/mol. The van der Waals surface area contributed by atoms with Crippen LogP contribution in [-0.2, 0) is 16.0 Å². The third kappa shape index (κ3) is 3.24. The van der Waals surface area contributed by atoms with E-state index >= 15 is 0 Å². The molecular weight excluding hydrogens is 316 g/mol. The number of hydrogen-bond donors (Lipinski definition) is 0. The molecule has 0 saturated carbocycles. The summed E-state index contributed by atoms with van der Waals surface area (Å²) in [5.74, 6) is -0.861. The molecule has 1 aliphatic rings. The highest BCUT2D eigenvalue weighted by Crippen LogP contribution is 2.32. The average Bonchev–Trinajstić information content (AvgIpc) is 2.96. The maximum absolute atomic E-state index is 12.8. The second kappa shape index (κ2) is 6.78. The van der Waals surface area contributed by atoms with Crippen molar-refractivity contribution in [1.29, 1.82) is 5.26 Å². The van der Waals surface area contributed by atoms with Gasteiger partial charge in [0.1, 0.15) is 0 Å². The highest BCUT2D eigenvalue weighted by atomic mass is 16.5. The maximum atomic E-state index is 12.8. The topological polar surface area (TPSA) is 70.4 Å². The fourth-order valence-corrected chi connectivity index (χ4v) is 3.09. The molecule has 2 atom stereocenters. The Hall–Kier alpha value is -3.13. The predicted octanol–water partition coefficient (Wildman–Crippen LogP) is 3.08. The first kappa shape index (κ1) is 16.7. The molecule has 0 fully saturated rings. The fraction of sp³-hybridized carbons (Fsp3) is 0.250. The van der Waals surface area contributed by atoms with E-state index in [4.69, 9.17) is 10.00 Å². The summed E-state index contributed by atoms with van der Waals surface area (Å²) < 4.78 is 5.33. The fourth-order valence-electron chi connectivity index (χ4n) is 3.09. The lowest BCUT2D eigenvalue weighted by Gasteiger charge is -2.25. The molecule has 0 radical (unpaired) electrons. The summed E-state index contributed by atoms with van der Waals surface area (Å²) in [7, 11) is 0. The first-order valence-corrected chi connectivity index (χ1v) is 8.13. The van der Waals surface area contributed by atoms with Crippen LogP contribution in [0.1, 0.15) is 35.3 Å². The van der Waals surface area contributed by atoms with Gasteiger partial charge in [-0.25, -0.2) is 4.79 Å². The first-order chi connectivity index (χ1) is 12.0. The lowest BCUT2D eigenvalue weighted by atomic mass is 10.1. The minimum Gasteiger partial charge on any atom is -0.449 e. The van der Waals surface area contributed by atoms with Gasteiger partial charge >= 0.3 is 5.97 Å². The number of rotatable bonds is 3. The lowest BCUT2D eigenvalue weighted by Crippen LogP contribution is -2.43. The van der Waals surface area contributed by atoms with E-state index in [1.165, 1.54) is 6.07 Å². The number of amides is 1. The number of anilines is 1. The van der Waals surface area contributed by atoms with Crippen LogP contribution in [0.3, 0.4) is 0 Å². The molecule has 1 amide bonds. The van der Waals surface area contributed by atoms with Crippen molar-refractivity contribution >= 4 is 17.6 Å². The minimum atomic E-state index is -0.910. The van der Waals surface area contributed by atoms with Crippen LogP contribution in [0.15, 0.2) is 48.5 Å². The molecule has 0 bridgehead atoms. The molecule has 1 aliphatic heterocycles. The third-order valence-corrected chi connectivity index (χ3v) is 4.30. The molecule has 1 heterocycles. The van der Waals surface area contributed by atoms with Crippen LogP contribution >= 0.6 is 0 Å². The Balaban J connectivity index is 1.75. The van der Waals surface area contributed by atoms with E-state index in [0.717, 1.165) is 17.7 Å². The van der Waals surface area contributed by atoms with Gasteiger partial charge in [0.2, 0.25) is 0 Å². The van der Waals surface area contributed by atoms with Crippen LogP contribution in [0.5, 0.6) is 0 Å². The zero-order valence-electron chi connectivity index (χ0n) is 14.1. The summed E-state index contributed by atoms with van der Waals surface area (Å²) in [6.45, 7) is 3.55. The van der Waals surface area contributed by atoms with Crippen molar-refractivity contribution in [3.63, 3.8) is 0 Å². The molecule has 2 aromatic rings. The Bertz CT molecular complexity index is 869. The van der Waals surface area contributed by atoms with Crippen LogP contribution in [0.4, 0.5) is 5.69 Å². The van der Waals surface area contributed by atoms with E-state index in [1.807, 2.05) is 37.3 Å². The van der Waals surface area contributed by atoms with Gasteiger partial charge in [0.25, 0.3) is 5.91 Å². The molecule has 2 aromatic carbocycles. The number of carbonyl (C=O) groups is 2. The van der Waals surface area contributed by atoms with Crippen LogP contribution in [0, 0.1) is 11.3 Å². The smallest absolute Gasteiger partial charge is 0.338 e. The normalized spacial score (nSPS) is 16.7. The van der Waals surface area contributed by atoms with Crippen LogP contribution in [0.2, 0.25) is 0 Å². The number of benzene rings is 2. The summed E-state index contributed by atoms with van der Waals surface area (Å²) in [6, 6.07) is 16.0. The number of hydrogen-bond acceptors (Lipinski definition) is 4. The van der Waals surface area contributed by atoms with Crippen molar-refractivity contribution < 1.29 is 14.3 Å². The molecule has 0 aliphatic carbocycles. The van der Waals surface area contributed by atoms with Gasteiger partial charge in [0, 0.05) is 11.7 Å². The summed E-state index contributed by atoms with van der Waals surface area (Å²) in [5.41, 5.74) is 2.61. The van der Waals surface area contributed by atoms with Crippen molar-refractivity contribution in [3.8, 4) is 6.07 Å². The van der Waals surface area contributed by atoms with Gasteiger partial charge in [-0.05, 0) is 50.1 Å². The van der Waals surface area contributed by atoms with Gasteiger partial charge in [-0.3, -0.25) is 4.79 Å². The Morgan fingerprint density at radius 3 is 2.76 bits per heavy atom. The van der Waals surface area contributed by atoms with Crippen LogP contribution in [-0.4, -0.2) is 24.0 Å². The molecule has 5 nitrogen and oxygen atoms in total. The number of ether oxygens (including phenoxy) is 1. The number of nitrogens with zero attached hydrogens (tertiary/aromatic N) is 2. The summed E-state index contributed by atoms with van der Waals surface area (Å²) >= 11 is 0. The third-order valence-electron chi connectivity index (χ3n) is 4.30. The van der Waals surface area contributed by atoms with Gasteiger partial charge in [0.15, 0.2) is 6.10 Å². The van der Waals surface area contributed by atoms with E-state index in [1.54, 1.807) is 30.0 Å². The largest absolute Gasteiger partial charge is 0.449 e. The Kier molecular flexibility index (Phi) is 4.53. The van der Waals surface area contributed by atoms with Crippen LogP contribution < -0.4 is 4.90 Å². The highest BCUT2D eigenvalue weighted by molar-refractivity contribution is 6.01. The number of para-hydroxylation sites is 1. The molecule has 0 saturated heterocycles. The standard InChI is InChI=1S/C20H18N2O3/c1-13-10-16-7-3-4-9-18(16)22(13)19(23)14(2)25-20(24)17-8-5-6-15(11-17)12-21/h3-9,11,13-14H,10H2,1-2H3/t13-,14-/m1/s1. The summed E-state index contributed by atoms with van der Waals surface area (Å²) in [4.78, 5) is 26.8. The summed E-state index contributed by atoms with van der Waals surface area (Å²) in [6.07, 6.45) is -0.126. The zero-order valence-corrected chi connectivity index (χ0v) is 14.1. The van der Waals surface area contributed by atoms with Gasteiger partial charge in [0.05, 0.1) is 17.2 Å². The van der Waals surface area contributed by atoms with Crippen molar-refractivity contribution in [2.75, 3.05) is 4.90 Å². The second-order valence-electron chi connectivity index (χ2n) is 6.13. The number of esters is 1. The quantitative estimate of drug-likeness (QED) is 0.809. The number of fused-ring (bicyclic) bond motifs is 1. The molecule has 0 spiro atoms. The van der Waals surface area contributed by atoms with Crippen molar-refractivity contribution in [2.45, 2.75) is 32.4 Å².